The van der Waals surface area contributed by atoms with Gasteiger partial charge in [-0.25, -0.2) is 4.79 Å². The van der Waals surface area contributed by atoms with Gasteiger partial charge in [-0.2, -0.15) is 0 Å². The van der Waals surface area contributed by atoms with Crippen LogP contribution in [-0.4, -0.2) is 27.6 Å². The number of hydrogen-bond acceptors (Lipinski definition) is 4. The predicted molar refractivity (Wildman–Crippen MR) is 69.0 cm³/mol. The van der Waals surface area contributed by atoms with Gasteiger partial charge in [-0.15, -0.1) is 0 Å². The highest BCUT2D eigenvalue weighted by Gasteiger charge is 2.63. The van der Waals surface area contributed by atoms with Crippen molar-refractivity contribution in [3.63, 3.8) is 0 Å². The minimum Gasteiger partial charge on any atom is -0.426 e. The molecule has 0 amide bonds. The van der Waals surface area contributed by atoms with Crippen LogP contribution in [0.3, 0.4) is 0 Å². The largest absolute Gasteiger partial charge is 0.426 e. The Labute approximate surface area is 112 Å². The zero-order valence-corrected chi connectivity index (χ0v) is 11.5. The second-order valence-corrected chi connectivity index (χ2v) is 6.51. The normalized spacial score (nSPS) is 45.9. The van der Waals surface area contributed by atoms with Crippen LogP contribution in [0.25, 0.3) is 0 Å². The molecule has 0 spiro atoms. The van der Waals surface area contributed by atoms with Crippen molar-refractivity contribution in [3.8, 4) is 0 Å². The summed E-state index contributed by atoms with van der Waals surface area (Å²) in [7, 11) is 0. The molecule has 0 unspecified atom stereocenters. The summed E-state index contributed by atoms with van der Waals surface area (Å²) in [6.45, 7) is 7.61. The molecule has 2 aliphatic carbocycles. The lowest BCUT2D eigenvalue weighted by Crippen LogP contribution is -2.59. The Kier molecular flexibility index (Phi) is 2.37. The molecular weight excluding hydrogens is 244 g/mol. The number of fused-ring (bicyclic) bond motifs is 2. The monoisotopic (exact) mass is 264 g/mol. The van der Waals surface area contributed by atoms with Crippen molar-refractivity contribution >= 4 is 5.97 Å². The first-order valence-corrected chi connectivity index (χ1v) is 6.78. The fourth-order valence-corrected chi connectivity index (χ4v) is 4.01. The molecule has 2 saturated carbocycles. The van der Waals surface area contributed by atoms with Crippen LogP contribution in [0, 0.1) is 5.41 Å². The van der Waals surface area contributed by atoms with Crippen LogP contribution in [0.15, 0.2) is 23.3 Å². The summed E-state index contributed by atoms with van der Waals surface area (Å²) in [6.07, 6.45) is 3.03. The van der Waals surface area contributed by atoms with Crippen molar-refractivity contribution in [2.45, 2.75) is 57.3 Å². The van der Waals surface area contributed by atoms with Crippen LogP contribution in [0.2, 0.25) is 0 Å². The second kappa shape index (κ2) is 3.49. The quantitative estimate of drug-likeness (QED) is 0.517. The molecule has 0 aromatic rings. The van der Waals surface area contributed by atoms with Gasteiger partial charge in [-0.05, 0) is 31.8 Å². The lowest BCUT2D eigenvalue weighted by atomic mass is 9.53. The number of rotatable bonds is 0. The average molecular weight is 264 g/mol. The smallest absolute Gasteiger partial charge is 0.336 e. The number of carbonyl (C=O) groups is 1. The second-order valence-electron chi connectivity index (χ2n) is 6.51. The highest BCUT2D eigenvalue weighted by molar-refractivity contribution is 5.92. The van der Waals surface area contributed by atoms with Gasteiger partial charge in [0.2, 0.25) is 5.79 Å². The Hall–Kier alpha value is -1.13. The topological polar surface area (TPSA) is 66.8 Å². The molecule has 3 atom stereocenters. The summed E-state index contributed by atoms with van der Waals surface area (Å²) >= 11 is 0. The minimum absolute atomic E-state index is 0.244. The maximum atomic E-state index is 11.7. The van der Waals surface area contributed by atoms with Crippen molar-refractivity contribution in [1.82, 2.24) is 0 Å². The molecule has 4 nitrogen and oxygen atoms in total. The van der Waals surface area contributed by atoms with Crippen molar-refractivity contribution in [2.24, 2.45) is 5.41 Å². The molecule has 0 radical (unpaired) electrons. The van der Waals surface area contributed by atoms with E-state index in [2.05, 4.69) is 6.58 Å². The van der Waals surface area contributed by atoms with E-state index in [0.717, 1.165) is 24.8 Å². The summed E-state index contributed by atoms with van der Waals surface area (Å²) in [5, 5.41) is 21.7. The third-order valence-corrected chi connectivity index (χ3v) is 5.34. The third kappa shape index (κ3) is 1.44. The standard InChI is InChI=1S/C15H20O4/c1-9-5-4-6-13(3)8-15(18)11(7-14(9,13)17)10(2)12(16)19-15/h17-18H,1,4-8H2,2-3H3/t13-,14-,15+/m1/s1. The summed E-state index contributed by atoms with van der Waals surface area (Å²) in [4.78, 5) is 11.7. The van der Waals surface area contributed by atoms with Crippen molar-refractivity contribution in [2.75, 3.05) is 0 Å². The Balaban J connectivity index is 2.12. The molecule has 0 saturated heterocycles. The fourth-order valence-electron chi connectivity index (χ4n) is 4.01. The molecule has 19 heavy (non-hydrogen) atoms. The van der Waals surface area contributed by atoms with E-state index in [1.54, 1.807) is 6.92 Å². The molecule has 104 valence electrons. The SMILES string of the molecule is C=C1CCC[C@]2(C)C[C@]3(O)OC(=O)C(C)=C3C[C@@]12O. The number of esters is 1. The number of aliphatic hydroxyl groups is 2. The van der Waals surface area contributed by atoms with Gasteiger partial charge in [-0.1, -0.05) is 13.5 Å². The minimum atomic E-state index is -1.53. The van der Waals surface area contributed by atoms with Crippen LogP contribution in [0.1, 0.15) is 46.0 Å². The van der Waals surface area contributed by atoms with Gasteiger partial charge >= 0.3 is 5.97 Å². The van der Waals surface area contributed by atoms with Crippen LogP contribution >= 0.6 is 0 Å². The van der Waals surface area contributed by atoms with Crippen molar-refractivity contribution in [1.29, 1.82) is 0 Å². The van der Waals surface area contributed by atoms with Crippen molar-refractivity contribution in [3.05, 3.63) is 23.3 Å². The van der Waals surface area contributed by atoms with Gasteiger partial charge in [0, 0.05) is 29.4 Å². The van der Waals surface area contributed by atoms with Crippen molar-refractivity contribution < 1.29 is 19.7 Å². The van der Waals surface area contributed by atoms with Gasteiger partial charge < -0.3 is 14.9 Å². The maximum absolute atomic E-state index is 11.7. The first-order valence-electron chi connectivity index (χ1n) is 6.78. The van der Waals surface area contributed by atoms with Gasteiger partial charge in [0.1, 0.15) is 0 Å². The van der Waals surface area contributed by atoms with E-state index in [4.69, 9.17) is 4.74 Å². The maximum Gasteiger partial charge on any atom is 0.336 e. The van der Waals surface area contributed by atoms with E-state index in [9.17, 15) is 15.0 Å². The van der Waals surface area contributed by atoms with Crippen LogP contribution < -0.4 is 0 Å². The highest BCUT2D eigenvalue weighted by Crippen LogP contribution is 2.60. The molecular formula is C15H20O4. The zero-order valence-electron chi connectivity index (χ0n) is 11.5. The lowest BCUT2D eigenvalue weighted by Gasteiger charge is -2.56. The van der Waals surface area contributed by atoms with Gasteiger partial charge in [0.25, 0.3) is 0 Å². The van der Waals surface area contributed by atoms with E-state index >= 15 is 0 Å². The molecule has 0 aromatic carbocycles. The number of ether oxygens (including phenoxy) is 1. The Bertz CT molecular complexity index is 520. The molecule has 1 heterocycles. The molecule has 4 heteroatoms. The molecule has 3 aliphatic rings. The molecule has 1 aliphatic heterocycles. The molecule has 2 fully saturated rings. The summed E-state index contributed by atoms with van der Waals surface area (Å²) < 4.78 is 5.16. The first-order chi connectivity index (χ1) is 8.72. The number of hydrogen-bond donors (Lipinski definition) is 2. The van der Waals surface area contributed by atoms with E-state index in [1.807, 2.05) is 6.92 Å². The van der Waals surface area contributed by atoms with E-state index in [-0.39, 0.29) is 12.8 Å². The van der Waals surface area contributed by atoms with E-state index in [1.165, 1.54) is 0 Å². The number of carbonyl (C=O) groups excluding carboxylic acids is 1. The zero-order chi connectivity index (χ0) is 14.1. The Morgan fingerprint density at radius 1 is 1.37 bits per heavy atom. The third-order valence-electron chi connectivity index (χ3n) is 5.34. The predicted octanol–water partition coefficient (Wildman–Crippen LogP) is 1.82. The van der Waals surface area contributed by atoms with Crippen LogP contribution in [-0.2, 0) is 9.53 Å². The van der Waals surface area contributed by atoms with Gasteiger partial charge in [0.05, 0.1) is 5.60 Å². The van der Waals surface area contributed by atoms with E-state index < -0.39 is 22.8 Å². The molecule has 0 aromatic heterocycles. The summed E-state index contributed by atoms with van der Waals surface area (Å²) in [6, 6.07) is 0. The van der Waals surface area contributed by atoms with Gasteiger partial charge in [0.15, 0.2) is 0 Å². The summed E-state index contributed by atoms with van der Waals surface area (Å²) in [5.41, 5.74) is 0.230. The molecule has 2 N–H and O–H groups in total. The Morgan fingerprint density at radius 3 is 2.74 bits per heavy atom. The van der Waals surface area contributed by atoms with Gasteiger partial charge in [-0.3, -0.25) is 0 Å². The average Bonchev–Trinajstić information content (AvgIpc) is 2.50. The summed E-state index contributed by atoms with van der Waals surface area (Å²) in [5.74, 6) is -2.01. The first kappa shape index (κ1) is 12.9. The lowest BCUT2D eigenvalue weighted by molar-refractivity contribution is -0.223. The molecule has 0 bridgehead atoms. The van der Waals surface area contributed by atoms with Crippen LogP contribution in [0.5, 0.6) is 0 Å². The highest BCUT2D eigenvalue weighted by atomic mass is 16.7. The molecule has 3 rings (SSSR count). The fraction of sp³-hybridized carbons (Fsp3) is 0.667. The Morgan fingerprint density at radius 2 is 2.05 bits per heavy atom. The van der Waals surface area contributed by atoms with E-state index in [0.29, 0.717) is 11.1 Å². The van der Waals surface area contributed by atoms with Crippen LogP contribution in [0.4, 0.5) is 0 Å².